The van der Waals surface area contributed by atoms with E-state index in [-0.39, 0.29) is 11.9 Å². The van der Waals surface area contributed by atoms with Gasteiger partial charge < -0.3 is 29.3 Å². The number of ketones is 1. The third kappa shape index (κ3) is 6.84. The van der Waals surface area contributed by atoms with Crippen LogP contribution in [0.2, 0.25) is 0 Å². The molecule has 1 N–H and O–H groups in total. The average Bonchev–Trinajstić information content (AvgIpc) is 3.47. The maximum absolute atomic E-state index is 13.6. The van der Waals surface area contributed by atoms with E-state index in [9.17, 15) is 9.59 Å². The van der Waals surface area contributed by atoms with Gasteiger partial charge in [-0.05, 0) is 96.6 Å². The molecule has 0 bridgehead atoms. The minimum absolute atomic E-state index is 0.182. The normalized spacial score (nSPS) is 16.4. The van der Waals surface area contributed by atoms with Gasteiger partial charge in [-0.2, -0.15) is 0 Å². The number of rotatable bonds is 6. The van der Waals surface area contributed by atoms with Gasteiger partial charge in [0, 0.05) is 74.5 Å². The first-order valence-electron chi connectivity index (χ1n) is 16.1. The minimum Gasteiger partial charge on any atom is -0.444 e. The number of hydrogen-bond acceptors (Lipinski definition) is 9. The lowest BCUT2D eigenvalue weighted by atomic mass is 10.0. The first-order chi connectivity index (χ1) is 21.9. The van der Waals surface area contributed by atoms with Crippen molar-refractivity contribution in [3.63, 3.8) is 0 Å². The molecule has 11 nitrogen and oxygen atoms in total. The zero-order valence-electron chi connectivity index (χ0n) is 27.7. The number of piperazine rings is 1. The summed E-state index contributed by atoms with van der Waals surface area (Å²) >= 11 is 0. The summed E-state index contributed by atoms with van der Waals surface area (Å²) in [6.45, 7) is 12.1. The Labute approximate surface area is 270 Å². The molecule has 0 spiro atoms. The molecule has 242 valence electrons. The van der Waals surface area contributed by atoms with E-state index in [0.29, 0.717) is 49.3 Å². The minimum atomic E-state index is -0.516. The Morgan fingerprint density at radius 2 is 1.67 bits per heavy atom. The number of amides is 1. The van der Waals surface area contributed by atoms with Crippen LogP contribution in [-0.2, 0) is 4.74 Å². The molecule has 2 aliphatic heterocycles. The first kappa shape index (κ1) is 31.5. The molecule has 0 atom stereocenters. The average molecular weight is 625 g/mol. The molecule has 2 saturated heterocycles. The number of imidazole rings is 1. The summed E-state index contributed by atoms with van der Waals surface area (Å²) in [5.41, 5.74) is 5.31. The lowest BCUT2D eigenvalue weighted by Gasteiger charge is -2.36. The van der Waals surface area contributed by atoms with Crippen LogP contribution in [0.3, 0.4) is 0 Å². The third-order valence-corrected chi connectivity index (χ3v) is 8.89. The Hall–Kier alpha value is -4.51. The van der Waals surface area contributed by atoms with Crippen molar-refractivity contribution in [1.29, 1.82) is 0 Å². The molecule has 6 rings (SSSR count). The molecule has 0 saturated carbocycles. The van der Waals surface area contributed by atoms with Gasteiger partial charge in [-0.25, -0.2) is 14.8 Å². The smallest absolute Gasteiger partial charge is 0.410 e. The Kier molecular flexibility index (Phi) is 8.69. The highest BCUT2D eigenvalue weighted by atomic mass is 16.6. The van der Waals surface area contributed by atoms with E-state index in [1.807, 2.05) is 46.0 Å². The molecule has 0 aliphatic carbocycles. The van der Waals surface area contributed by atoms with Crippen molar-refractivity contribution in [2.45, 2.75) is 52.2 Å². The molecule has 5 heterocycles. The maximum Gasteiger partial charge on any atom is 0.410 e. The fourth-order valence-electron chi connectivity index (χ4n) is 6.22. The number of H-pyrrole nitrogens is 1. The molecule has 0 radical (unpaired) electrons. The van der Waals surface area contributed by atoms with Crippen molar-refractivity contribution in [2.75, 3.05) is 63.2 Å². The number of fused-ring (bicyclic) bond motifs is 1. The van der Waals surface area contributed by atoms with Crippen LogP contribution in [0.1, 0.15) is 55.4 Å². The lowest BCUT2D eigenvalue weighted by molar-refractivity contribution is 0.0240. The molecule has 1 aromatic carbocycles. The molecule has 2 aliphatic rings. The fraction of sp³-hybridized carbons (Fsp3) is 0.457. The number of anilines is 2. The number of benzene rings is 1. The van der Waals surface area contributed by atoms with Gasteiger partial charge >= 0.3 is 6.09 Å². The monoisotopic (exact) mass is 624 g/mol. The van der Waals surface area contributed by atoms with Gasteiger partial charge in [-0.15, -0.1) is 0 Å². The Morgan fingerprint density at radius 1 is 0.935 bits per heavy atom. The van der Waals surface area contributed by atoms with Crippen molar-refractivity contribution in [3.8, 4) is 11.3 Å². The Balaban J connectivity index is 1.13. The van der Waals surface area contributed by atoms with E-state index in [0.717, 1.165) is 59.6 Å². The summed E-state index contributed by atoms with van der Waals surface area (Å²) in [5, 5.41) is 0. The van der Waals surface area contributed by atoms with Crippen molar-refractivity contribution < 1.29 is 14.3 Å². The van der Waals surface area contributed by atoms with E-state index in [4.69, 9.17) is 9.72 Å². The van der Waals surface area contributed by atoms with Gasteiger partial charge in [0.05, 0.1) is 16.7 Å². The number of nitrogens with zero attached hydrogens (tertiary/aromatic N) is 7. The molecule has 4 aromatic rings. The van der Waals surface area contributed by atoms with Crippen LogP contribution in [0.5, 0.6) is 0 Å². The van der Waals surface area contributed by atoms with E-state index in [1.54, 1.807) is 23.2 Å². The zero-order valence-corrected chi connectivity index (χ0v) is 27.7. The zero-order chi connectivity index (χ0) is 32.6. The van der Waals surface area contributed by atoms with Crippen molar-refractivity contribution in [1.82, 2.24) is 29.7 Å². The van der Waals surface area contributed by atoms with Crippen LogP contribution in [0.15, 0.2) is 48.8 Å². The van der Waals surface area contributed by atoms with Gasteiger partial charge in [0.15, 0.2) is 5.82 Å². The molecular weight excluding hydrogens is 580 g/mol. The number of aromatic amines is 1. The molecule has 1 amide bonds. The predicted molar refractivity (Wildman–Crippen MR) is 181 cm³/mol. The second-order valence-electron chi connectivity index (χ2n) is 13.5. The summed E-state index contributed by atoms with van der Waals surface area (Å²) in [7, 11) is 4.30. The van der Waals surface area contributed by atoms with Gasteiger partial charge in [0.25, 0.3) is 0 Å². The maximum atomic E-state index is 13.6. The topological polar surface area (TPSA) is 111 Å². The molecule has 46 heavy (non-hydrogen) atoms. The predicted octanol–water partition coefficient (Wildman–Crippen LogP) is 5.15. The number of carbonyl (C=O) groups excluding carboxylic acids is 2. The van der Waals surface area contributed by atoms with Gasteiger partial charge in [-0.1, -0.05) is 0 Å². The number of pyridine rings is 2. The fourth-order valence-corrected chi connectivity index (χ4v) is 6.22. The lowest BCUT2D eigenvalue weighted by Crippen LogP contribution is -2.50. The van der Waals surface area contributed by atoms with Crippen LogP contribution in [0, 0.1) is 6.92 Å². The molecule has 3 aromatic heterocycles. The van der Waals surface area contributed by atoms with Crippen molar-refractivity contribution in [3.05, 3.63) is 65.7 Å². The van der Waals surface area contributed by atoms with Crippen LogP contribution in [0.25, 0.3) is 22.3 Å². The number of hydrogen-bond donors (Lipinski definition) is 1. The number of nitrogens with one attached hydrogen (secondary N) is 1. The van der Waals surface area contributed by atoms with Crippen LogP contribution in [-0.4, -0.2) is 107 Å². The Morgan fingerprint density at radius 3 is 2.35 bits per heavy atom. The van der Waals surface area contributed by atoms with E-state index >= 15 is 0 Å². The SMILES string of the molecule is Cc1cc(N2CCN(C(=O)OC(C)(C)C)CC2)ncc1-c1cc(C(=O)c2nc3ccc(N4CCC(N(C)C)CC4)cc3[nH]2)ccn1. The number of ether oxygens (including phenoxy) is 1. The molecular formula is C35H44N8O3. The molecule has 11 heteroatoms. The highest BCUT2D eigenvalue weighted by Crippen LogP contribution is 2.28. The third-order valence-electron chi connectivity index (χ3n) is 8.89. The number of carbonyl (C=O) groups is 2. The van der Waals surface area contributed by atoms with Crippen molar-refractivity contribution in [2.24, 2.45) is 0 Å². The highest BCUT2D eigenvalue weighted by Gasteiger charge is 2.27. The summed E-state index contributed by atoms with van der Waals surface area (Å²) in [4.78, 5) is 51.9. The van der Waals surface area contributed by atoms with Crippen LogP contribution in [0.4, 0.5) is 16.3 Å². The van der Waals surface area contributed by atoms with Gasteiger partial charge in [-0.3, -0.25) is 9.78 Å². The van der Waals surface area contributed by atoms with Crippen LogP contribution >= 0.6 is 0 Å². The van der Waals surface area contributed by atoms with Crippen molar-refractivity contribution >= 4 is 34.4 Å². The first-order valence-corrected chi connectivity index (χ1v) is 16.1. The van der Waals surface area contributed by atoms with E-state index in [1.165, 1.54) is 0 Å². The second-order valence-corrected chi connectivity index (χ2v) is 13.5. The van der Waals surface area contributed by atoms with Gasteiger partial charge in [0.1, 0.15) is 11.4 Å². The summed E-state index contributed by atoms with van der Waals surface area (Å²) < 4.78 is 5.52. The Bertz CT molecular complexity index is 1730. The molecule has 0 unspecified atom stereocenters. The largest absolute Gasteiger partial charge is 0.444 e. The number of aromatic nitrogens is 4. The quantitative estimate of drug-likeness (QED) is 0.291. The van der Waals surface area contributed by atoms with E-state index < -0.39 is 5.60 Å². The summed E-state index contributed by atoms with van der Waals surface area (Å²) in [5.74, 6) is 0.977. The second kappa shape index (κ2) is 12.7. The summed E-state index contributed by atoms with van der Waals surface area (Å²) in [6, 6.07) is 12.4. The standard InChI is InChI=1S/C35H44N8O3/c1-23-19-31(42-15-17-43(18-16-42)34(45)46-35(2,3)4)37-22-27(23)29-20-24(9-12-36-29)32(44)33-38-28-8-7-26(21-30(28)39-33)41-13-10-25(11-14-41)40(5)6/h7-9,12,19-22,25H,10-11,13-18H2,1-6H3,(H,38,39). The van der Waals surface area contributed by atoms with E-state index in [2.05, 4.69) is 55.9 Å². The van der Waals surface area contributed by atoms with Crippen LogP contribution < -0.4 is 9.80 Å². The highest BCUT2D eigenvalue weighted by molar-refractivity contribution is 6.08. The molecule has 2 fully saturated rings. The number of piperidine rings is 1. The van der Waals surface area contributed by atoms with Gasteiger partial charge in [0.2, 0.25) is 5.78 Å². The number of aryl methyl sites for hydroxylation is 1. The summed E-state index contributed by atoms with van der Waals surface area (Å²) in [6.07, 6.45) is 5.45.